The fourth-order valence-electron chi connectivity index (χ4n) is 1.28. The van der Waals surface area contributed by atoms with E-state index in [1.165, 1.54) is 5.56 Å². The van der Waals surface area contributed by atoms with E-state index >= 15 is 0 Å². The third-order valence-corrected chi connectivity index (χ3v) is 2.41. The molecule has 3 nitrogen and oxygen atoms in total. The van der Waals surface area contributed by atoms with Crippen molar-refractivity contribution in [3.63, 3.8) is 0 Å². The van der Waals surface area contributed by atoms with Crippen molar-refractivity contribution < 1.29 is 0 Å². The summed E-state index contributed by atoms with van der Waals surface area (Å²) in [5.41, 5.74) is 3.24. The molecule has 0 bridgehead atoms. The number of rotatable bonds is 2. The molecule has 0 aliphatic heterocycles. The van der Waals surface area contributed by atoms with Gasteiger partial charge in [-0.1, -0.05) is 6.07 Å². The predicted octanol–water partition coefficient (Wildman–Crippen LogP) is 2.31. The van der Waals surface area contributed by atoms with E-state index in [0.717, 1.165) is 11.3 Å². The number of benzene rings is 1. The lowest BCUT2D eigenvalue weighted by Gasteiger charge is -2.04. The summed E-state index contributed by atoms with van der Waals surface area (Å²) in [7, 11) is 0. The number of halogens is 1. The van der Waals surface area contributed by atoms with Crippen molar-refractivity contribution in [1.82, 2.24) is 15.0 Å². The molecule has 2 aromatic rings. The van der Waals surface area contributed by atoms with Crippen molar-refractivity contribution in [3.8, 4) is 5.69 Å². The van der Waals surface area contributed by atoms with Crippen LogP contribution in [0.25, 0.3) is 5.69 Å². The maximum absolute atomic E-state index is 5.82. The number of hydrogen-bond acceptors (Lipinski definition) is 2. The SMILES string of the molecule is Cc1ccc(-n2nccn2)cc1CCl. The van der Waals surface area contributed by atoms with Crippen LogP contribution in [0.2, 0.25) is 0 Å². The Bertz CT molecular complexity index is 423. The second-order valence-electron chi connectivity index (χ2n) is 3.06. The summed E-state index contributed by atoms with van der Waals surface area (Å²) in [5, 5.41) is 8.11. The van der Waals surface area contributed by atoms with Crippen LogP contribution in [0.3, 0.4) is 0 Å². The van der Waals surface area contributed by atoms with Crippen LogP contribution >= 0.6 is 11.6 Å². The number of alkyl halides is 1. The maximum Gasteiger partial charge on any atom is 0.0859 e. The van der Waals surface area contributed by atoms with Crippen molar-refractivity contribution in [2.24, 2.45) is 0 Å². The summed E-state index contributed by atoms with van der Waals surface area (Å²) >= 11 is 5.82. The lowest BCUT2D eigenvalue weighted by atomic mass is 10.1. The van der Waals surface area contributed by atoms with Crippen LogP contribution in [0.4, 0.5) is 0 Å². The molecule has 0 N–H and O–H groups in total. The Balaban J connectivity index is 2.46. The molecular formula is C10H10ClN3. The smallest absolute Gasteiger partial charge is 0.0859 e. The molecule has 2 rings (SSSR count). The molecule has 1 aromatic carbocycles. The van der Waals surface area contributed by atoms with Crippen LogP contribution in [0.15, 0.2) is 30.6 Å². The van der Waals surface area contributed by atoms with Gasteiger partial charge in [0.05, 0.1) is 18.1 Å². The molecule has 0 unspecified atom stereocenters. The topological polar surface area (TPSA) is 30.7 Å². The monoisotopic (exact) mass is 207 g/mol. The van der Waals surface area contributed by atoms with Crippen LogP contribution in [0, 0.1) is 6.92 Å². The zero-order valence-corrected chi connectivity index (χ0v) is 8.57. The Labute approximate surface area is 87.3 Å². The van der Waals surface area contributed by atoms with E-state index in [-0.39, 0.29) is 0 Å². The zero-order chi connectivity index (χ0) is 9.97. The minimum absolute atomic E-state index is 0.515. The van der Waals surface area contributed by atoms with E-state index in [9.17, 15) is 0 Å². The van der Waals surface area contributed by atoms with Crippen LogP contribution in [-0.2, 0) is 5.88 Å². The second-order valence-corrected chi connectivity index (χ2v) is 3.33. The third kappa shape index (κ3) is 1.63. The minimum Gasteiger partial charge on any atom is -0.157 e. The van der Waals surface area contributed by atoms with Gasteiger partial charge in [0.15, 0.2) is 0 Å². The Hall–Kier alpha value is -1.35. The van der Waals surface area contributed by atoms with Crippen molar-refractivity contribution in [1.29, 1.82) is 0 Å². The first-order valence-corrected chi connectivity index (χ1v) is 4.87. The highest BCUT2D eigenvalue weighted by molar-refractivity contribution is 6.17. The Morgan fingerprint density at radius 2 is 2.00 bits per heavy atom. The first-order chi connectivity index (χ1) is 6.81. The number of nitrogens with zero attached hydrogens (tertiary/aromatic N) is 3. The van der Waals surface area contributed by atoms with Gasteiger partial charge in [0.25, 0.3) is 0 Å². The largest absolute Gasteiger partial charge is 0.157 e. The molecular weight excluding hydrogens is 198 g/mol. The highest BCUT2D eigenvalue weighted by Gasteiger charge is 2.01. The third-order valence-electron chi connectivity index (χ3n) is 2.13. The number of hydrogen-bond donors (Lipinski definition) is 0. The molecule has 0 fully saturated rings. The van der Waals surface area contributed by atoms with Crippen LogP contribution in [-0.4, -0.2) is 15.0 Å². The highest BCUT2D eigenvalue weighted by atomic mass is 35.5. The van der Waals surface area contributed by atoms with E-state index < -0.39 is 0 Å². The van der Waals surface area contributed by atoms with Gasteiger partial charge in [-0.2, -0.15) is 15.0 Å². The van der Waals surface area contributed by atoms with E-state index in [2.05, 4.69) is 10.2 Å². The molecule has 0 amide bonds. The van der Waals surface area contributed by atoms with Crippen molar-refractivity contribution in [3.05, 3.63) is 41.7 Å². The molecule has 4 heteroatoms. The molecule has 0 saturated carbocycles. The van der Waals surface area contributed by atoms with Crippen LogP contribution < -0.4 is 0 Å². The zero-order valence-electron chi connectivity index (χ0n) is 7.81. The van der Waals surface area contributed by atoms with Gasteiger partial charge in [-0.3, -0.25) is 0 Å². The quantitative estimate of drug-likeness (QED) is 0.708. The van der Waals surface area contributed by atoms with E-state index in [4.69, 9.17) is 11.6 Å². The summed E-state index contributed by atoms with van der Waals surface area (Å²) in [6.07, 6.45) is 3.31. The van der Waals surface area contributed by atoms with Gasteiger partial charge in [0, 0.05) is 5.88 Å². The fraction of sp³-hybridized carbons (Fsp3) is 0.200. The average molecular weight is 208 g/mol. The molecule has 1 heterocycles. The molecule has 14 heavy (non-hydrogen) atoms. The first-order valence-electron chi connectivity index (χ1n) is 4.33. The van der Waals surface area contributed by atoms with Gasteiger partial charge in [-0.05, 0) is 30.2 Å². The van der Waals surface area contributed by atoms with Crippen molar-refractivity contribution in [2.45, 2.75) is 12.8 Å². The van der Waals surface area contributed by atoms with Gasteiger partial charge < -0.3 is 0 Å². The molecule has 72 valence electrons. The Morgan fingerprint density at radius 1 is 1.29 bits per heavy atom. The number of aryl methyl sites for hydroxylation is 1. The molecule has 0 aliphatic rings. The predicted molar refractivity (Wildman–Crippen MR) is 55.7 cm³/mol. The highest BCUT2D eigenvalue weighted by Crippen LogP contribution is 2.15. The summed E-state index contributed by atoms with van der Waals surface area (Å²) < 4.78 is 0. The van der Waals surface area contributed by atoms with Gasteiger partial charge >= 0.3 is 0 Å². The average Bonchev–Trinajstić information content (AvgIpc) is 2.71. The lowest BCUT2D eigenvalue weighted by molar-refractivity contribution is 0.751. The number of aromatic nitrogens is 3. The summed E-state index contributed by atoms with van der Waals surface area (Å²) in [4.78, 5) is 1.58. The first kappa shape index (κ1) is 9.21. The minimum atomic E-state index is 0.515. The maximum atomic E-state index is 5.82. The molecule has 0 spiro atoms. The molecule has 0 atom stereocenters. The fourth-order valence-corrected chi connectivity index (χ4v) is 1.56. The van der Waals surface area contributed by atoms with E-state index in [1.54, 1.807) is 17.2 Å². The van der Waals surface area contributed by atoms with Gasteiger partial charge in [0.1, 0.15) is 0 Å². The van der Waals surface area contributed by atoms with Gasteiger partial charge in [-0.25, -0.2) is 0 Å². The standard InChI is InChI=1S/C10H10ClN3/c1-8-2-3-10(6-9(8)7-11)14-12-4-5-13-14/h2-6H,7H2,1H3. The lowest BCUT2D eigenvalue weighted by Crippen LogP contribution is -1.99. The molecule has 1 aromatic heterocycles. The summed E-state index contributed by atoms with van der Waals surface area (Å²) in [5.74, 6) is 0.515. The Kier molecular flexibility index (Phi) is 2.50. The van der Waals surface area contributed by atoms with Crippen molar-refractivity contribution >= 4 is 11.6 Å². The van der Waals surface area contributed by atoms with Gasteiger partial charge in [0.2, 0.25) is 0 Å². The van der Waals surface area contributed by atoms with E-state index in [1.807, 2.05) is 25.1 Å². The Morgan fingerprint density at radius 3 is 2.64 bits per heavy atom. The van der Waals surface area contributed by atoms with Crippen LogP contribution in [0.1, 0.15) is 11.1 Å². The van der Waals surface area contributed by atoms with Crippen molar-refractivity contribution in [2.75, 3.05) is 0 Å². The van der Waals surface area contributed by atoms with E-state index in [0.29, 0.717) is 5.88 Å². The van der Waals surface area contributed by atoms with Crippen LogP contribution in [0.5, 0.6) is 0 Å². The molecule has 0 radical (unpaired) electrons. The van der Waals surface area contributed by atoms with Gasteiger partial charge in [-0.15, -0.1) is 11.6 Å². The second kappa shape index (κ2) is 3.80. The molecule has 0 aliphatic carbocycles. The normalized spacial score (nSPS) is 10.4. The summed E-state index contributed by atoms with van der Waals surface area (Å²) in [6.45, 7) is 2.04. The molecule has 0 saturated heterocycles. The summed E-state index contributed by atoms with van der Waals surface area (Å²) in [6, 6.07) is 6.00.